The van der Waals surface area contributed by atoms with Gasteiger partial charge >= 0.3 is 4.87 Å². The molecule has 0 unspecified atom stereocenters. The molecular weight excluding hydrogens is 332 g/mol. The van der Waals surface area contributed by atoms with Gasteiger partial charge in [0.15, 0.2) is 0 Å². The van der Waals surface area contributed by atoms with Gasteiger partial charge in [-0.05, 0) is 38.1 Å². The van der Waals surface area contributed by atoms with Crippen molar-refractivity contribution < 1.29 is 0 Å². The van der Waals surface area contributed by atoms with Crippen molar-refractivity contribution >= 4 is 27.2 Å². The van der Waals surface area contributed by atoms with Crippen LogP contribution in [0.3, 0.4) is 0 Å². The fraction of sp³-hybridized carbons (Fsp3) is 0.211. The van der Waals surface area contributed by atoms with Crippen molar-refractivity contribution in [2.75, 3.05) is 11.6 Å². The summed E-state index contributed by atoms with van der Waals surface area (Å²) in [4.78, 5) is 11.2. The van der Waals surface area contributed by atoms with Crippen LogP contribution in [0.2, 0.25) is 0 Å². The van der Waals surface area contributed by atoms with Crippen LogP contribution < -0.4 is 15.4 Å². The molecule has 1 aromatic heterocycles. The first-order chi connectivity index (χ1) is 12.1. The molecule has 0 atom stereocenters. The molecule has 2 aromatic carbocycles. The number of anilines is 1. The van der Waals surface area contributed by atoms with Crippen LogP contribution in [-0.2, 0) is 7.05 Å². The number of allylic oxidation sites excluding steroid dienone is 1. The molecule has 130 valence electrons. The molecule has 6 heteroatoms. The zero-order chi connectivity index (χ0) is 17.8. The van der Waals surface area contributed by atoms with Crippen molar-refractivity contribution in [2.45, 2.75) is 13.8 Å². The molecule has 25 heavy (non-hydrogen) atoms. The van der Waals surface area contributed by atoms with Gasteiger partial charge in [-0.1, -0.05) is 41.7 Å². The second-order valence-electron chi connectivity index (χ2n) is 5.72. The highest BCUT2D eigenvalue weighted by atomic mass is 32.1. The smallest absolute Gasteiger partial charge is 0.302 e. The summed E-state index contributed by atoms with van der Waals surface area (Å²) in [6, 6.07) is 18.0. The first-order valence-electron chi connectivity index (χ1n) is 8.21. The van der Waals surface area contributed by atoms with Gasteiger partial charge in [-0.15, -0.1) is 5.53 Å². The topological polar surface area (TPSA) is 40.5 Å². The summed E-state index contributed by atoms with van der Waals surface area (Å²) >= 11 is 1.29. The molecule has 4 rings (SSSR count). The van der Waals surface area contributed by atoms with Crippen molar-refractivity contribution in [3.8, 4) is 0 Å². The van der Waals surface area contributed by atoms with Crippen LogP contribution in [0.25, 0.3) is 10.2 Å². The number of fused-ring (bicyclic) bond motifs is 1. The fourth-order valence-electron chi connectivity index (χ4n) is 2.62. The van der Waals surface area contributed by atoms with Gasteiger partial charge in [0.2, 0.25) is 0 Å². The monoisotopic (exact) mass is 354 g/mol. The summed E-state index contributed by atoms with van der Waals surface area (Å²) in [5, 5.41) is 4.13. The summed E-state index contributed by atoms with van der Waals surface area (Å²) in [6.45, 7) is 5.18. The van der Waals surface area contributed by atoms with E-state index in [0.29, 0.717) is 0 Å². The van der Waals surface area contributed by atoms with Crippen LogP contribution in [0.15, 0.2) is 71.3 Å². The average Bonchev–Trinajstić information content (AvgIpc) is 3.16. The Bertz CT molecular complexity index is 929. The molecule has 1 aliphatic rings. The highest BCUT2D eigenvalue weighted by molar-refractivity contribution is 7.16. The lowest BCUT2D eigenvalue weighted by Gasteiger charge is -2.22. The molecule has 0 spiro atoms. The molecule has 3 aromatic rings. The van der Waals surface area contributed by atoms with Gasteiger partial charge in [-0.3, -0.25) is 14.8 Å². The summed E-state index contributed by atoms with van der Waals surface area (Å²) in [5.41, 5.74) is 6.69. The minimum absolute atomic E-state index is 0.103. The van der Waals surface area contributed by atoms with Crippen molar-refractivity contribution in [1.82, 2.24) is 15.1 Å². The molecule has 0 saturated heterocycles. The van der Waals surface area contributed by atoms with Crippen LogP contribution in [0.5, 0.6) is 0 Å². The second kappa shape index (κ2) is 7.55. The second-order valence-corrected chi connectivity index (χ2v) is 6.71. The standard InChI is InChI=1S/C11H15N3.C8H7NOS/c1-3-13-10(2)9-14(12-13)11-7-5-4-6-8-11;1-9-6-4-2-3-5-7(6)11-8(9)10/h4-9,12H,3H2,1-2H3;2-5H,1H3. The number of thiazole rings is 1. The first-order valence-corrected chi connectivity index (χ1v) is 9.03. The normalized spacial score (nSPS) is 13.6. The summed E-state index contributed by atoms with van der Waals surface area (Å²) in [5.74, 6) is 0. The van der Waals surface area contributed by atoms with E-state index in [1.165, 1.54) is 17.0 Å². The Morgan fingerprint density at radius 3 is 2.36 bits per heavy atom. The maximum Gasteiger partial charge on any atom is 0.307 e. The summed E-state index contributed by atoms with van der Waals surface area (Å²) in [6.07, 6.45) is 2.10. The number of para-hydroxylation sites is 2. The van der Waals surface area contributed by atoms with Gasteiger partial charge < -0.3 is 4.57 Å². The number of nitrogens with one attached hydrogen (secondary N) is 1. The molecule has 0 fully saturated rings. The first kappa shape index (κ1) is 17.3. The minimum atomic E-state index is 0.103. The third-order valence-electron chi connectivity index (χ3n) is 4.02. The van der Waals surface area contributed by atoms with Crippen LogP contribution in [0.1, 0.15) is 13.8 Å². The third-order valence-corrected chi connectivity index (χ3v) is 5.03. The van der Waals surface area contributed by atoms with E-state index in [0.717, 1.165) is 22.4 Å². The largest absolute Gasteiger partial charge is 0.307 e. The zero-order valence-electron chi connectivity index (χ0n) is 14.6. The van der Waals surface area contributed by atoms with E-state index in [1.807, 2.05) is 47.5 Å². The molecule has 0 radical (unpaired) electrons. The molecule has 1 N–H and O–H groups in total. The number of nitrogens with zero attached hydrogens (tertiary/aromatic N) is 3. The van der Waals surface area contributed by atoms with Crippen molar-refractivity contribution in [3.05, 3.63) is 76.2 Å². The Morgan fingerprint density at radius 2 is 1.72 bits per heavy atom. The van der Waals surface area contributed by atoms with Gasteiger partial charge in [-0.25, -0.2) is 0 Å². The number of benzene rings is 2. The van der Waals surface area contributed by atoms with E-state index >= 15 is 0 Å². The van der Waals surface area contributed by atoms with Crippen molar-refractivity contribution in [1.29, 1.82) is 0 Å². The maximum absolute atomic E-state index is 11.1. The number of hydrazine groups is 2. The Labute approximate surface area is 151 Å². The highest BCUT2D eigenvalue weighted by Crippen LogP contribution is 2.18. The zero-order valence-corrected chi connectivity index (χ0v) is 15.5. The van der Waals surface area contributed by atoms with E-state index < -0.39 is 0 Å². The van der Waals surface area contributed by atoms with E-state index in [4.69, 9.17) is 0 Å². The number of rotatable bonds is 2. The Hall–Kier alpha value is -2.57. The molecule has 0 saturated carbocycles. The number of aromatic nitrogens is 1. The molecule has 0 bridgehead atoms. The minimum Gasteiger partial charge on any atom is -0.302 e. The lowest BCUT2D eigenvalue weighted by atomic mass is 10.3. The predicted molar refractivity (Wildman–Crippen MR) is 105 cm³/mol. The Morgan fingerprint density at radius 1 is 1.04 bits per heavy atom. The molecule has 0 aliphatic carbocycles. The van der Waals surface area contributed by atoms with Crippen LogP contribution in [0.4, 0.5) is 5.69 Å². The highest BCUT2D eigenvalue weighted by Gasteiger charge is 2.15. The molecular formula is C19H22N4OS. The summed E-state index contributed by atoms with van der Waals surface area (Å²) in [7, 11) is 1.79. The van der Waals surface area contributed by atoms with Gasteiger partial charge in [0.05, 0.1) is 15.9 Å². The Balaban J connectivity index is 0.000000150. The van der Waals surface area contributed by atoms with Crippen LogP contribution in [0, 0.1) is 0 Å². The number of aryl methyl sites for hydroxylation is 1. The van der Waals surface area contributed by atoms with Crippen LogP contribution in [-0.4, -0.2) is 16.1 Å². The van der Waals surface area contributed by atoms with E-state index in [2.05, 4.69) is 42.7 Å². The van der Waals surface area contributed by atoms with Gasteiger partial charge in [-0.2, -0.15) is 0 Å². The van der Waals surface area contributed by atoms with Gasteiger partial charge in [0.25, 0.3) is 0 Å². The SMILES string of the molecule is CCN1NN(c2ccccc2)C=C1C.Cn1c(=O)sc2ccccc21. The van der Waals surface area contributed by atoms with E-state index in [9.17, 15) is 4.79 Å². The molecule has 1 aliphatic heterocycles. The van der Waals surface area contributed by atoms with Crippen LogP contribution >= 0.6 is 11.3 Å². The molecule has 5 nitrogen and oxygen atoms in total. The Kier molecular flexibility index (Phi) is 5.21. The third kappa shape index (κ3) is 3.75. The fourth-order valence-corrected chi connectivity index (χ4v) is 3.50. The number of hydrogen-bond donors (Lipinski definition) is 1. The number of hydrogen-bond acceptors (Lipinski definition) is 5. The van der Waals surface area contributed by atoms with E-state index in [-0.39, 0.29) is 4.87 Å². The average molecular weight is 354 g/mol. The quantitative estimate of drug-likeness (QED) is 0.762. The lowest BCUT2D eigenvalue weighted by Crippen LogP contribution is -2.40. The lowest BCUT2D eigenvalue weighted by molar-refractivity contribution is 0.287. The maximum atomic E-state index is 11.1. The summed E-state index contributed by atoms with van der Waals surface area (Å²) < 4.78 is 2.72. The van der Waals surface area contributed by atoms with Crippen molar-refractivity contribution in [2.24, 2.45) is 7.05 Å². The van der Waals surface area contributed by atoms with Gasteiger partial charge in [0.1, 0.15) is 0 Å². The molecule has 0 amide bonds. The predicted octanol–water partition coefficient (Wildman–Crippen LogP) is 3.71. The van der Waals surface area contributed by atoms with Gasteiger partial charge in [0, 0.05) is 25.5 Å². The molecule has 2 heterocycles. The van der Waals surface area contributed by atoms with E-state index in [1.54, 1.807) is 11.6 Å². The van der Waals surface area contributed by atoms with Crippen molar-refractivity contribution in [3.63, 3.8) is 0 Å².